The van der Waals surface area contributed by atoms with Crippen LogP contribution in [0, 0.1) is 0 Å². The predicted molar refractivity (Wildman–Crippen MR) is 75.4 cm³/mol. The lowest BCUT2D eigenvalue weighted by Crippen LogP contribution is -2.46. The van der Waals surface area contributed by atoms with Crippen LogP contribution in [-0.4, -0.2) is 25.7 Å². The third kappa shape index (κ3) is 3.12. The molecule has 0 aliphatic carbocycles. The van der Waals surface area contributed by atoms with Gasteiger partial charge in [0.15, 0.2) is 0 Å². The Morgan fingerprint density at radius 2 is 1.74 bits per heavy atom. The Bertz CT molecular complexity index is 693. The van der Waals surface area contributed by atoms with E-state index in [2.05, 4.69) is 4.72 Å². The van der Waals surface area contributed by atoms with Crippen LogP contribution < -0.4 is 4.72 Å². The van der Waals surface area contributed by atoms with Crippen LogP contribution in [0.4, 0.5) is 0 Å². The van der Waals surface area contributed by atoms with Gasteiger partial charge in [-0.1, -0.05) is 30.3 Å². The Hall–Kier alpha value is -1.43. The molecule has 19 heavy (non-hydrogen) atoms. The van der Waals surface area contributed by atoms with Crippen molar-refractivity contribution in [2.75, 3.05) is 6.61 Å². The van der Waals surface area contributed by atoms with Gasteiger partial charge in [0.05, 0.1) is 17.0 Å². The molecule has 0 aliphatic heterocycles. The third-order valence-electron chi connectivity index (χ3n) is 2.84. The van der Waals surface area contributed by atoms with Crippen molar-refractivity contribution >= 4 is 20.8 Å². The predicted octanol–water partition coefficient (Wildman–Crippen LogP) is 1.89. The van der Waals surface area contributed by atoms with Gasteiger partial charge in [-0.25, -0.2) is 13.1 Å². The minimum Gasteiger partial charge on any atom is -0.394 e. The number of sulfonamides is 1. The van der Waals surface area contributed by atoms with Gasteiger partial charge >= 0.3 is 0 Å². The van der Waals surface area contributed by atoms with Crippen molar-refractivity contribution in [3.63, 3.8) is 0 Å². The summed E-state index contributed by atoms with van der Waals surface area (Å²) in [6.45, 7) is 3.00. The molecule has 2 aromatic carbocycles. The van der Waals surface area contributed by atoms with Crippen LogP contribution in [0.5, 0.6) is 0 Å². The number of hydrogen-bond donors (Lipinski definition) is 2. The first-order valence-corrected chi connectivity index (χ1v) is 7.46. The van der Waals surface area contributed by atoms with Crippen LogP contribution in [0.25, 0.3) is 10.8 Å². The van der Waals surface area contributed by atoms with Gasteiger partial charge in [-0.3, -0.25) is 0 Å². The number of aliphatic hydroxyl groups excluding tert-OH is 1. The van der Waals surface area contributed by atoms with Crippen molar-refractivity contribution in [2.45, 2.75) is 24.3 Å². The highest BCUT2D eigenvalue weighted by molar-refractivity contribution is 7.89. The molecular formula is C14H17NO3S. The van der Waals surface area contributed by atoms with Crippen LogP contribution in [0.3, 0.4) is 0 Å². The zero-order valence-electron chi connectivity index (χ0n) is 10.9. The summed E-state index contributed by atoms with van der Waals surface area (Å²) in [6.07, 6.45) is 0. The summed E-state index contributed by atoms with van der Waals surface area (Å²) in [4.78, 5) is 0.202. The lowest BCUT2D eigenvalue weighted by atomic mass is 10.1. The first kappa shape index (κ1) is 14.0. The molecule has 2 rings (SSSR count). The number of hydrogen-bond acceptors (Lipinski definition) is 3. The van der Waals surface area contributed by atoms with E-state index in [4.69, 9.17) is 5.11 Å². The zero-order valence-corrected chi connectivity index (χ0v) is 11.7. The lowest BCUT2D eigenvalue weighted by Gasteiger charge is -2.23. The molecule has 0 aliphatic rings. The van der Waals surface area contributed by atoms with E-state index in [0.717, 1.165) is 10.8 Å². The second-order valence-corrected chi connectivity index (χ2v) is 6.84. The second-order valence-electron chi connectivity index (χ2n) is 5.16. The van der Waals surface area contributed by atoms with Gasteiger partial charge in [0, 0.05) is 0 Å². The minimum atomic E-state index is -3.63. The van der Waals surface area contributed by atoms with Crippen molar-refractivity contribution in [1.29, 1.82) is 0 Å². The largest absolute Gasteiger partial charge is 0.394 e. The number of benzene rings is 2. The van der Waals surface area contributed by atoms with E-state index in [1.165, 1.54) is 0 Å². The number of aliphatic hydroxyl groups is 1. The second kappa shape index (κ2) is 4.92. The Kier molecular flexibility index (Phi) is 3.62. The summed E-state index contributed by atoms with van der Waals surface area (Å²) in [5.74, 6) is 0. The van der Waals surface area contributed by atoms with Crippen molar-refractivity contribution in [3.05, 3.63) is 42.5 Å². The molecular weight excluding hydrogens is 262 g/mol. The lowest BCUT2D eigenvalue weighted by molar-refractivity contribution is 0.208. The Labute approximate surface area is 113 Å². The van der Waals surface area contributed by atoms with E-state index < -0.39 is 15.6 Å². The Balaban J connectivity index is 2.43. The van der Waals surface area contributed by atoms with Crippen LogP contribution in [0.1, 0.15) is 13.8 Å². The fourth-order valence-electron chi connectivity index (χ4n) is 1.79. The molecule has 0 unspecified atom stereocenters. The van der Waals surface area contributed by atoms with Crippen molar-refractivity contribution < 1.29 is 13.5 Å². The quantitative estimate of drug-likeness (QED) is 0.898. The SMILES string of the molecule is CC(C)(CO)NS(=O)(=O)c1ccc2ccccc2c1. The average molecular weight is 279 g/mol. The summed E-state index contributed by atoms with van der Waals surface area (Å²) < 4.78 is 26.9. The van der Waals surface area contributed by atoms with Crippen LogP contribution in [-0.2, 0) is 10.0 Å². The Morgan fingerprint density at radius 3 is 2.37 bits per heavy atom. The molecule has 4 nitrogen and oxygen atoms in total. The van der Waals surface area contributed by atoms with E-state index in [0.29, 0.717) is 0 Å². The standard InChI is InChI=1S/C14H17NO3S/c1-14(2,10-16)15-19(17,18)13-8-7-11-5-3-4-6-12(11)9-13/h3-9,15-16H,10H2,1-2H3. The van der Waals surface area contributed by atoms with Crippen molar-refractivity contribution in [3.8, 4) is 0 Å². The van der Waals surface area contributed by atoms with E-state index in [-0.39, 0.29) is 11.5 Å². The highest BCUT2D eigenvalue weighted by atomic mass is 32.2. The van der Waals surface area contributed by atoms with Gasteiger partial charge in [0.25, 0.3) is 0 Å². The molecule has 0 amide bonds. The molecule has 0 spiro atoms. The van der Waals surface area contributed by atoms with Gasteiger partial charge < -0.3 is 5.11 Å². The maximum absolute atomic E-state index is 12.2. The van der Waals surface area contributed by atoms with Gasteiger partial charge in [-0.2, -0.15) is 0 Å². The molecule has 0 bridgehead atoms. The summed E-state index contributed by atoms with van der Waals surface area (Å²) in [6, 6.07) is 12.5. The first-order chi connectivity index (χ1) is 8.84. The minimum absolute atomic E-state index is 0.202. The molecule has 0 aromatic heterocycles. The van der Waals surface area contributed by atoms with E-state index in [1.54, 1.807) is 32.0 Å². The summed E-state index contributed by atoms with van der Waals surface area (Å²) in [5.41, 5.74) is -0.884. The topological polar surface area (TPSA) is 66.4 Å². The van der Waals surface area contributed by atoms with Gasteiger partial charge in [-0.15, -0.1) is 0 Å². The summed E-state index contributed by atoms with van der Waals surface area (Å²) in [5, 5.41) is 11.0. The molecule has 5 heteroatoms. The number of nitrogens with one attached hydrogen (secondary N) is 1. The maximum Gasteiger partial charge on any atom is 0.241 e. The molecule has 0 radical (unpaired) electrons. The van der Waals surface area contributed by atoms with Crippen molar-refractivity contribution in [1.82, 2.24) is 4.72 Å². The molecule has 0 fully saturated rings. The van der Waals surface area contributed by atoms with E-state index in [9.17, 15) is 8.42 Å². The number of rotatable bonds is 4. The summed E-state index contributed by atoms with van der Waals surface area (Å²) >= 11 is 0. The highest BCUT2D eigenvalue weighted by Gasteiger charge is 2.25. The van der Waals surface area contributed by atoms with Crippen LogP contribution in [0.2, 0.25) is 0 Å². The Morgan fingerprint density at radius 1 is 1.11 bits per heavy atom. The molecule has 0 atom stereocenters. The van der Waals surface area contributed by atoms with Gasteiger partial charge in [0.1, 0.15) is 0 Å². The normalized spacial score (nSPS) is 12.8. The van der Waals surface area contributed by atoms with Gasteiger partial charge in [0.2, 0.25) is 10.0 Å². The van der Waals surface area contributed by atoms with E-state index in [1.807, 2.05) is 24.3 Å². The van der Waals surface area contributed by atoms with E-state index >= 15 is 0 Å². The van der Waals surface area contributed by atoms with Crippen LogP contribution >= 0.6 is 0 Å². The molecule has 2 N–H and O–H groups in total. The molecule has 0 saturated carbocycles. The smallest absolute Gasteiger partial charge is 0.241 e. The molecule has 0 saturated heterocycles. The average Bonchev–Trinajstić information content (AvgIpc) is 2.37. The van der Waals surface area contributed by atoms with Crippen LogP contribution in [0.15, 0.2) is 47.4 Å². The highest BCUT2D eigenvalue weighted by Crippen LogP contribution is 2.20. The molecule has 102 valence electrons. The molecule has 2 aromatic rings. The van der Waals surface area contributed by atoms with Gasteiger partial charge in [-0.05, 0) is 36.8 Å². The fraction of sp³-hybridized carbons (Fsp3) is 0.286. The fourth-order valence-corrected chi connectivity index (χ4v) is 3.23. The zero-order chi connectivity index (χ0) is 14.1. The summed E-state index contributed by atoms with van der Waals surface area (Å²) in [7, 11) is -3.63. The first-order valence-electron chi connectivity index (χ1n) is 5.98. The monoisotopic (exact) mass is 279 g/mol. The van der Waals surface area contributed by atoms with Crippen molar-refractivity contribution in [2.24, 2.45) is 0 Å². The molecule has 0 heterocycles. The third-order valence-corrected chi connectivity index (χ3v) is 4.53. The maximum atomic E-state index is 12.2. The number of fused-ring (bicyclic) bond motifs is 1.